The minimum absolute atomic E-state index is 0.291. The fourth-order valence-electron chi connectivity index (χ4n) is 4.72. The van der Waals surface area contributed by atoms with Gasteiger partial charge in [0, 0.05) is 0 Å². The summed E-state index contributed by atoms with van der Waals surface area (Å²) in [4.78, 5) is 0. The van der Waals surface area contributed by atoms with Crippen LogP contribution in [0.15, 0.2) is 0 Å². The Morgan fingerprint density at radius 3 is 1.00 bits per heavy atom. The Labute approximate surface area is 116 Å². The zero-order valence-electron chi connectivity index (χ0n) is 15.0. The molecule has 0 heteroatoms. The van der Waals surface area contributed by atoms with Crippen molar-refractivity contribution in [1.82, 2.24) is 0 Å². The fourth-order valence-corrected chi connectivity index (χ4v) is 4.72. The Bertz CT molecular complexity index is 331. The molecule has 0 aromatic rings. The molecule has 1 aliphatic rings. The van der Waals surface area contributed by atoms with Crippen molar-refractivity contribution in [2.75, 3.05) is 0 Å². The van der Waals surface area contributed by atoms with E-state index in [2.05, 4.69) is 83.1 Å². The molecule has 0 N–H and O–H groups in total. The van der Waals surface area contributed by atoms with E-state index >= 15 is 0 Å². The summed E-state index contributed by atoms with van der Waals surface area (Å²) >= 11 is 0. The summed E-state index contributed by atoms with van der Waals surface area (Å²) in [5.74, 6) is 0. The predicted molar refractivity (Wildman–Crippen MR) is 82.7 cm³/mol. The standard InChI is InChI=1S/C18H36/c1-13(2,3)14(4,5)15(6,7)18(12)16(8,9)17(18,10)11/h1-12H3. The van der Waals surface area contributed by atoms with Crippen molar-refractivity contribution in [2.45, 2.75) is 83.1 Å². The highest BCUT2D eigenvalue weighted by molar-refractivity contribution is 5.28. The van der Waals surface area contributed by atoms with Crippen LogP contribution in [-0.4, -0.2) is 0 Å². The summed E-state index contributed by atoms with van der Waals surface area (Å²) in [5, 5.41) is 0. The predicted octanol–water partition coefficient (Wildman–Crippen LogP) is 6.16. The van der Waals surface area contributed by atoms with E-state index in [1.807, 2.05) is 0 Å². The molecule has 0 radical (unpaired) electrons. The lowest BCUT2D eigenvalue weighted by Crippen LogP contribution is -2.49. The first-order valence-electron chi connectivity index (χ1n) is 7.50. The van der Waals surface area contributed by atoms with Gasteiger partial charge >= 0.3 is 0 Å². The van der Waals surface area contributed by atoms with E-state index in [1.54, 1.807) is 0 Å². The van der Waals surface area contributed by atoms with Crippen LogP contribution in [0.2, 0.25) is 0 Å². The zero-order valence-corrected chi connectivity index (χ0v) is 15.0. The lowest BCUT2D eigenvalue weighted by molar-refractivity contribution is -0.0734. The quantitative estimate of drug-likeness (QED) is 0.552. The van der Waals surface area contributed by atoms with Gasteiger partial charge in [-0.3, -0.25) is 0 Å². The molecule has 0 aromatic heterocycles. The Balaban J connectivity index is 3.35. The maximum atomic E-state index is 2.51. The molecule has 0 bridgehead atoms. The van der Waals surface area contributed by atoms with Gasteiger partial charge in [0.05, 0.1) is 0 Å². The molecule has 18 heavy (non-hydrogen) atoms. The third-order valence-corrected chi connectivity index (χ3v) is 8.69. The highest BCUT2D eigenvalue weighted by Gasteiger charge is 2.80. The van der Waals surface area contributed by atoms with Crippen LogP contribution in [0.4, 0.5) is 0 Å². The summed E-state index contributed by atoms with van der Waals surface area (Å²) in [6.07, 6.45) is 0. The van der Waals surface area contributed by atoms with E-state index in [4.69, 9.17) is 0 Å². The first-order valence-corrected chi connectivity index (χ1v) is 7.50. The second kappa shape index (κ2) is 3.36. The Morgan fingerprint density at radius 1 is 0.556 bits per heavy atom. The molecule has 1 rings (SSSR count). The van der Waals surface area contributed by atoms with E-state index in [-0.39, 0.29) is 0 Å². The van der Waals surface area contributed by atoms with Gasteiger partial charge in [-0.05, 0) is 32.5 Å². The molecule has 0 amide bonds. The van der Waals surface area contributed by atoms with Crippen molar-refractivity contribution in [3.05, 3.63) is 0 Å². The summed E-state index contributed by atoms with van der Waals surface area (Å²) in [6.45, 7) is 29.4. The van der Waals surface area contributed by atoms with Crippen molar-refractivity contribution in [3.8, 4) is 0 Å². The van der Waals surface area contributed by atoms with Crippen molar-refractivity contribution in [3.63, 3.8) is 0 Å². The van der Waals surface area contributed by atoms with Crippen molar-refractivity contribution >= 4 is 0 Å². The number of hydrogen-bond donors (Lipinski definition) is 0. The third kappa shape index (κ3) is 1.33. The van der Waals surface area contributed by atoms with Crippen molar-refractivity contribution < 1.29 is 0 Å². The van der Waals surface area contributed by atoms with Crippen molar-refractivity contribution in [1.29, 1.82) is 0 Å². The highest BCUT2D eigenvalue weighted by atomic mass is 14.8. The maximum Gasteiger partial charge on any atom is -0.0156 e. The van der Waals surface area contributed by atoms with Crippen molar-refractivity contribution in [2.24, 2.45) is 32.5 Å². The fraction of sp³-hybridized carbons (Fsp3) is 1.00. The van der Waals surface area contributed by atoms with Gasteiger partial charge in [0.15, 0.2) is 0 Å². The lowest BCUT2D eigenvalue weighted by Gasteiger charge is -2.56. The van der Waals surface area contributed by atoms with Crippen LogP contribution in [0.25, 0.3) is 0 Å². The summed E-state index contributed by atoms with van der Waals surface area (Å²) in [7, 11) is 0. The van der Waals surface area contributed by atoms with Crippen LogP contribution in [0, 0.1) is 32.5 Å². The van der Waals surface area contributed by atoms with E-state index in [0.29, 0.717) is 32.5 Å². The first kappa shape index (κ1) is 16.1. The van der Waals surface area contributed by atoms with E-state index < -0.39 is 0 Å². The second-order valence-corrected chi connectivity index (χ2v) is 9.88. The molecule has 0 saturated heterocycles. The molecule has 108 valence electrons. The molecular formula is C18H36. The smallest absolute Gasteiger partial charge is 0.0156 e. The number of rotatable bonds is 2. The number of hydrogen-bond acceptors (Lipinski definition) is 0. The monoisotopic (exact) mass is 252 g/mol. The van der Waals surface area contributed by atoms with Gasteiger partial charge < -0.3 is 0 Å². The third-order valence-electron chi connectivity index (χ3n) is 8.69. The van der Waals surface area contributed by atoms with Crippen LogP contribution in [0.5, 0.6) is 0 Å². The Kier molecular flexibility index (Phi) is 3.00. The topological polar surface area (TPSA) is 0 Å². The largest absolute Gasteiger partial charge is 0.0596 e. The molecule has 1 saturated carbocycles. The molecule has 0 nitrogen and oxygen atoms in total. The van der Waals surface area contributed by atoms with E-state index in [1.165, 1.54) is 0 Å². The van der Waals surface area contributed by atoms with Gasteiger partial charge in [0.25, 0.3) is 0 Å². The van der Waals surface area contributed by atoms with Gasteiger partial charge in [0.2, 0.25) is 0 Å². The minimum Gasteiger partial charge on any atom is -0.0596 e. The van der Waals surface area contributed by atoms with E-state index in [0.717, 1.165) is 0 Å². The minimum atomic E-state index is 0.291. The Morgan fingerprint density at radius 2 is 0.833 bits per heavy atom. The van der Waals surface area contributed by atoms with Gasteiger partial charge in [-0.15, -0.1) is 0 Å². The molecule has 1 aliphatic carbocycles. The molecular weight excluding hydrogens is 216 g/mol. The lowest BCUT2D eigenvalue weighted by atomic mass is 9.49. The van der Waals surface area contributed by atoms with Crippen LogP contribution in [0.3, 0.4) is 0 Å². The Hall–Kier alpha value is 0. The first-order chi connectivity index (χ1) is 7.50. The normalized spacial score (nSPS) is 26.0. The summed E-state index contributed by atoms with van der Waals surface area (Å²) in [5.41, 5.74) is 2.10. The molecule has 0 aromatic carbocycles. The maximum absolute atomic E-state index is 2.51. The van der Waals surface area contributed by atoms with Crippen LogP contribution < -0.4 is 0 Å². The average molecular weight is 252 g/mol. The summed E-state index contributed by atoms with van der Waals surface area (Å²) < 4.78 is 0. The molecule has 0 unspecified atom stereocenters. The second-order valence-electron chi connectivity index (χ2n) is 9.88. The van der Waals surface area contributed by atoms with Gasteiger partial charge in [-0.1, -0.05) is 83.1 Å². The highest BCUT2D eigenvalue weighted by Crippen LogP contribution is 2.86. The zero-order chi connectivity index (χ0) is 15.0. The SMILES string of the molecule is CC(C)(C)C(C)(C)C(C)(C)C1(C)C(C)(C)C1(C)C. The van der Waals surface area contributed by atoms with Crippen LogP contribution >= 0.6 is 0 Å². The molecule has 0 heterocycles. The van der Waals surface area contributed by atoms with E-state index in [9.17, 15) is 0 Å². The van der Waals surface area contributed by atoms with Gasteiger partial charge in [0.1, 0.15) is 0 Å². The average Bonchev–Trinajstić information content (AvgIpc) is 2.43. The van der Waals surface area contributed by atoms with Gasteiger partial charge in [-0.2, -0.15) is 0 Å². The molecule has 0 atom stereocenters. The summed E-state index contributed by atoms with van der Waals surface area (Å²) in [6, 6.07) is 0. The van der Waals surface area contributed by atoms with Crippen LogP contribution in [-0.2, 0) is 0 Å². The molecule has 1 fully saturated rings. The molecule has 0 aliphatic heterocycles. The van der Waals surface area contributed by atoms with Gasteiger partial charge in [-0.25, -0.2) is 0 Å². The molecule has 0 spiro atoms. The van der Waals surface area contributed by atoms with Crippen LogP contribution in [0.1, 0.15) is 83.1 Å².